The van der Waals surface area contributed by atoms with Crippen molar-refractivity contribution in [1.29, 1.82) is 0 Å². The predicted molar refractivity (Wildman–Crippen MR) is 49.4 cm³/mol. The smallest absolute Gasteiger partial charge is 0.143 e. The van der Waals surface area contributed by atoms with Crippen molar-refractivity contribution in [3.05, 3.63) is 0 Å². The Hall–Kier alpha value is 0.250. The maximum Gasteiger partial charge on any atom is 0.143 e. The zero-order chi connectivity index (χ0) is 9.07. The zero-order valence-corrected chi connectivity index (χ0v) is 8.67. The van der Waals surface area contributed by atoms with E-state index in [2.05, 4.69) is 0 Å². The van der Waals surface area contributed by atoms with E-state index in [0.717, 1.165) is 0 Å². The first kappa shape index (κ1) is 11.2. The summed E-state index contributed by atoms with van der Waals surface area (Å²) in [5, 5.41) is 0. The minimum atomic E-state index is -0.325. The van der Waals surface area contributed by atoms with Crippen molar-refractivity contribution in [2.24, 2.45) is 11.3 Å². The summed E-state index contributed by atoms with van der Waals surface area (Å²) in [4.78, 5) is 11.5. The second-order valence-corrected chi connectivity index (χ2v) is 4.24. The first-order chi connectivity index (χ1) is 4.93. The van der Waals surface area contributed by atoms with Crippen molar-refractivity contribution in [2.45, 2.75) is 20.8 Å². The number of rotatable bonds is 3. The number of carbonyl (C=O) groups is 1. The van der Waals surface area contributed by atoms with E-state index >= 15 is 0 Å². The molecule has 0 radical (unpaired) electrons. The number of hydrogen-bond acceptors (Lipinski definition) is 1. The van der Waals surface area contributed by atoms with Gasteiger partial charge in [0.1, 0.15) is 5.78 Å². The molecule has 0 atom stereocenters. The molecular weight excluding hydrogens is 183 g/mol. The second-order valence-electron chi connectivity index (χ2n) is 3.62. The summed E-state index contributed by atoms with van der Waals surface area (Å²) >= 11 is 11.1. The molecule has 0 spiro atoms. The van der Waals surface area contributed by atoms with Gasteiger partial charge >= 0.3 is 0 Å². The Morgan fingerprint density at radius 3 is 1.73 bits per heavy atom. The SMILES string of the molecule is CC(C)(C)C(=O)C(CCl)CCl. The van der Waals surface area contributed by atoms with Gasteiger partial charge in [-0.25, -0.2) is 0 Å². The Kier molecular flexibility index (Phi) is 4.42. The molecule has 0 N–H and O–H groups in total. The van der Waals surface area contributed by atoms with Gasteiger partial charge in [0.05, 0.1) is 0 Å². The van der Waals surface area contributed by atoms with Crippen LogP contribution in [0, 0.1) is 11.3 Å². The molecule has 0 aliphatic heterocycles. The molecule has 1 nitrogen and oxygen atoms in total. The van der Waals surface area contributed by atoms with Crippen LogP contribution < -0.4 is 0 Å². The average molecular weight is 197 g/mol. The van der Waals surface area contributed by atoms with Crippen LogP contribution in [-0.4, -0.2) is 17.5 Å². The number of ketones is 1. The van der Waals surface area contributed by atoms with Gasteiger partial charge in [-0.05, 0) is 0 Å². The van der Waals surface area contributed by atoms with Crippen molar-refractivity contribution in [3.8, 4) is 0 Å². The quantitative estimate of drug-likeness (QED) is 0.635. The van der Waals surface area contributed by atoms with E-state index in [1.807, 2.05) is 20.8 Å². The van der Waals surface area contributed by atoms with Crippen LogP contribution in [0.25, 0.3) is 0 Å². The molecule has 11 heavy (non-hydrogen) atoms. The van der Waals surface area contributed by atoms with E-state index in [-0.39, 0.29) is 17.1 Å². The predicted octanol–water partition coefficient (Wildman–Crippen LogP) is 2.70. The van der Waals surface area contributed by atoms with Gasteiger partial charge in [-0.15, -0.1) is 23.2 Å². The highest BCUT2D eigenvalue weighted by molar-refractivity contribution is 6.23. The summed E-state index contributed by atoms with van der Waals surface area (Å²) in [5.41, 5.74) is -0.325. The van der Waals surface area contributed by atoms with Crippen LogP contribution in [0.4, 0.5) is 0 Å². The van der Waals surface area contributed by atoms with Gasteiger partial charge in [-0.2, -0.15) is 0 Å². The Morgan fingerprint density at radius 1 is 1.27 bits per heavy atom. The number of Topliss-reactive ketones (excluding diaryl/α,β-unsaturated/α-hetero) is 1. The lowest BCUT2D eigenvalue weighted by Gasteiger charge is -2.21. The first-order valence-corrected chi connectivity index (χ1v) is 4.66. The highest BCUT2D eigenvalue weighted by Gasteiger charge is 2.28. The number of carbonyl (C=O) groups excluding carboxylic acids is 1. The third kappa shape index (κ3) is 3.44. The lowest BCUT2D eigenvalue weighted by atomic mass is 9.84. The van der Waals surface area contributed by atoms with Gasteiger partial charge in [0.2, 0.25) is 0 Å². The molecule has 0 aromatic carbocycles. The highest BCUT2D eigenvalue weighted by Crippen LogP contribution is 2.21. The van der Waals surface area contributed by atoms with Crippen LogP contribution in [0.2, 0.25) is 0 Å². The van der Waals surface area contributed by atoms with Crippen molar-refractivity contribution >= 4 is 29.0 Å². The topological polar surface area (TPSA) is 17.1 Å². The van der Waals surface area contributed by atoms with Crippen LogP contribution in [0.1, 0.15) is 20.8 Å². The van der Waals surface area contributed by atoms with Crippen LogP contribution in [-0.2, 0) is 4.79 Å². The van der Waals surface area contributed by atoms with Gasteiger partial charge in [-0.1, -0.05) is 20.8 Å². The summed E-state index contributed by atoms with van der Waals surface area (Å²) in [6.07, 6.45) is 0. The van der Waals surface area contributed by atoms with E-state index < -0.39 is 0 Å². The molecule has 0 aliphatic carbocycles. The van der Waals surface area contributed by atoms with Gasteiger partial charge in [0.15, 0.2) is 0 Å². The molecular formula is C8H14Cl2O. The third-order valence-corrected chi connectivity index (χ3v) is 2.23. The van der Waals surface area contributed by atoms with E-state index in [1.165, 1.54) is 0 Å². The number of hydrogen-bond donors (Lipinski definition) is 0. The monoisotopic (exact) mass is 196 g/mol. The summed E-state index contributed by atoms with van der Waals surface area (Å²) in [6, 6.07) is 0. The summed E-state index contributed by atoms with van der Waals surface area (Å²) in [7, 11) is 0. The molecule has 0 bridgehead atoms. The Labute approximate surface area is 78.1 Å². The normalized spacial score (nSPS) is 12.2. The fourth-order valence-electron chi connectivity index (χ4n) is 0.794. The Morgan fingerprint density at radius 2 is 1.64 bits per heavy atom. The fraction of sp³-hybridized carbons (Fsp3) is 0.875. The molecule has 66 valence electrons. The minimum Gasteiger partial charge on any atom is -0.299 e. The van der Waals surface area contributed by atoms with Gasteiger partial charge < -0.3 is 0 Å². The van der Waals surface area contributed by atoms with Crippen LogP contribution >= 0.6 is 23.2 Å². The van der Waals surface area contributed by atoms with Crippen molar-refractivity contribution in [2.75, 3.05) is 11.8 Å². The van der Waals surface area contributed by atoms with Crippen molar-refractivity contribution in [3.63, 3.8) is 0 Å². The average Bonchev–Trinajstić information content (AvgIpc) is 1.88. The summed E-state index contributed by atoms with van der Waals surface area (Å²) in [6.45, 7) is 5.63. The molecule has 0 heterocycles. The molecule has 0 rings (SSSR count). The van der Waals surface area contributed by atoms with Gasteiger partial charge in [0, 0.05) is 23.1 Å². The lowest BCUT2D eigenvalue weighted by Crippen LogP contribution is -2.30. The molecule has 0 aromatic rings. The molecule has 0 saturated carbocycles. The zero-order valence-electron chi connectivity index (χ0n) is 7.16. The van der Waals surface area contributed by atoms with E-state index in [4.69, 9.17) is 23.2 Å². The Balaban J connectivity index is 4.22. The molecule has 3 heteroatoms. The van der Waals surface area contributed by atoms with Crippen LogP contribution in [0.5, 0.6) is 0 Å². The second kappa shape index (κ2) is 4.32. The summed E-state index contributed by atoms with van der Waals surface area (Å²) < 4.78 is 0. The molecule has 0 amide bonds. The largest absolute Gasteiger partial charge is 0.299 e. The number of alkyl halides is 2. The molecule has 0 fully saturated rings. The van der Waals surface area contributed by atoms with E-state index in [0.29, 0.717) is 11.8 Å². The van der Waals surface area contributed by atoms with Crippen molar-refractivity contribution in [1.82, 2.24) is 0 Å². The molecule has 0 aromatic heterocycles. The fourth-order valence-corrected chi connectivity index (χ4v) is 1.40. The molecule has 0 saturated heterocycles. The molecule has 0 unspecified atom stereocenters. The van der Waals surface area contributed by atoms with Gasteiger partial charge in [-0.3, -0.25) is 4.79 Å². The third-order valence-electron chi connectivity index (χ3n) is 1.48. The Bertz CT molecular complexity index is 134. The summed E-state index contributed by atoms with van der Waals surface area (Å²) in [5.74, 6) is 0.583. The number of halogens is 2. The van der Waals surface area contributed by atoms with Crippen molar-refractivity contribution < 1.29 is 4.79 Å². The maximum absolute atomic E-state index is 11.5. The van der Waals surface area contributed by atoms with Crippen LogP contribution in [0.3, 0.4) is 0 Å². The highest BCUT2D eigenvalue weighted by atomic mass is 35.5. The standard InChI is InChI=1S/C8H14Cl2O/c1-8(2,3)7(11)6(4-9)5-10/h6H,4-5H2,1-3H3. The first-order valence-electron chi connectivity index (χ1n) is 3.59. The van der Waals surface area contributed by atoms with Crippen LogP contribution in [0.15, 0.2) is 0 Å². The van der Waals surface area contributed by atoms with E-state index in [1.54, 1.807) is 0 Å². The van der Waals surface area contributed by atoms with Gasteiger partial charge in [0.25, 0.3) is 0 Å². The maximum atomic E-state index is 11.5. The van der Waals surface area contributed by atoms with E-state index in [9.17, 15) is 4.79 Å². The minimum absolute atomic E-state index is 0.141. The molecule has 0 aliphatic rings. The lowest BCUT2D eigenvalue weighted by molar-refractivity contribution is -0.129.